The van der Waals surface area contributed by atoms with Crippen molar-refractivity contribution < 1.29 is 9.59 Å². The number of rotatable bonds is 5. The van der Waals surface area contributed by atoms with Crippen molar-refractivity contribution in [3.05, 3.63) is 65.2 Å². The third kappa shape index (κ3) is 3.97. The molecule has 0 aliphatic heterocycles. The highest BCUT2D eigenvalue weighted by Gasteiger charge is 2.23. The minimum absolute atomic E-state index is 0.0871. The van der Waals surface area contributed by atoms with Crippen LogP contribution in [-0.4, -0.2) is 17.9 Å². The first kappa shape index (κ1) is 15.3. The number of amides is 2. The molecule has 1 saturated carbocycles. The third-order valence-electron chi connectivity index (χ3n) is 3.92. The molecule has 23 heavy (non-hydrogen) atoms. The molecule has 0 unspecified atom stereocenters. The predicted octanol–water partition coefficient (Wildman–Crippen LogP) is 3.39. The monoisotopic (exact) mass is 308 g/mol. The van der Waals surface area contributed by atoms with Gasteiger partial charge < -0.3 is 10.6 Å². The Balaban J connectivity index is 1.68. The molecule has 0 atom stereocenters. The summed E-state index contributed by atoms with van der Waals surface area (Å²) >= 11 is 0. The topological polar surface area (TPSA) is 58.2 Å². The van der Waals surface area contributed by atoms with Crippen LogP contribution in [-0.2, 0) is 6.42 Å². The van der Waals surface area contributed by atoms with Crippen LogP contribution in [0, 0.1) is 0 Å². The van der Waals surface area contributed by atoms with Crippen LogP contribution in [0.2, 0.25) is 0 Å². The molecule has 0 spiro atoms. The summed E-state index contributed by atoms with van der Waals surface area (Å²) in [6.45, 7) is 2.08. The lowest BCUT2D eigenvalue weighted by Crippen LogP contribution is -2.25. The number of hydrogen-bond donors (Lipinski definition) is 2. The molecule has 4 nitrogen and oxygen atoms in total. The minimum Gasteiger partial charge on any atom is -0.349 e. The number of carbonyl (C=O) groups is 2. The zero-order valence-electron chi connectivity index (χ0n) is 13.1. The average Bonchev–Trinajstić information content (AvgIpc) is 3.39. The van der Waals surface area contributed by atoms with Crippen LogP contribution < -0.4 is 10.6 Å². The first-order valence-electron chi connectivity index (χ1n) is 7.97. The second kappa shape index (κ2) is 6.65. The summed E-state index contributed by atoms with van der Waals surface area (Å²) < 4.78 is 0. The summed E-state index contributed by atoms with van der Waals surface area (Å²) in [5, 5.41) is 5.78. The second-order valence-electron chi connectivity index (χ2n) is 5.83. The summed E-state index contributed by atoms with van der Waals surface area (Å²) in [5.74, 6) is -0.261. The van der Waals surface area contributed by atoms with Gasteiger partial charge in [-0.25, -0.2) is 0 Å². The zero-order valence-corrected chi connectivity index (χ0v) is 13.1. The zero-order chi connectivity index (χ0) is 16.2. The Bertz CT molecular complexity index is 718. The average molecular weight is 308 g/mol. The van der Waals surface area contributed by atoms with Gasteiger partial charge >= 0.3 is 0 Å². The van der Waals surface area contributed by atoms with E-state index in [0.29, 0.717) is 22.9 Å². The van der Waals surface area contributed by atoms with E-state index in [2.05, 4.69) is 17.6 Å². The molecule has 1 aliphatic carbocycles. The largest absolute Gasteiger partial charge is 0.349 e. The van der Waals surface area contributed by atoms with Crippen LogP contribution in [0.5, 0.6) is 0 Å². The van der Waals surface area contributed by atoms with Gasteiger partial charge in [-0.2, -0.15) is 0 Å². The predicted molar refractivity (Wildman–Crippen MR) is 90.7 cm³/mol. The molecule has 1 fully saturated rings. The van der Waals surface area contributed by atoms with E-state index in [0.717, 1.165) is 19.3 Å². The van der Waals surface area contributed by atoms with Crippen LogP contribution in [0.15, 0.2) is 48.5 Å². The minimum atomic E-state index is -0.174. The maximum absolute atomic E-state index is 12.3. The second-order valence-corrected chi connectivity index (χ2v) is 5.83. The summed E-state index contributed by atoms with van der Waals surface area (Å²) in [4.78, 5) is 24.3. The number of carbonyl (C=O) groups excluding carboxylic acids is 2. The highest BCUT2D eigenvalue weighted by Crippen LogP contribution is 2.20. The Morgan fingerprint density at radius 3 is 2.39 bits per heavy atom. The first-order valence-corrected chi connectivity index (χ1v) is 7.97. The van der Waals surface area contributed by atoms with Gasteiger partial charge in [-0.15, -0.1) is 0 Å². The van der Waals surface area contributed by atoms with Crippen LogP contribution >= 0.6 is 0 Å². The Morgan fingerprint density at radius 1 is 1.00 bits per heavy atom. The number of benzene rings is 2. The van der Waals surface area contributed by atoms with Crippen LogP contribution in [0.3, 0.4) is 0 Å². The van der Waals surface area contributed by atoms with E-state index in [1.54, 1.807) is 24.3 Å². The van der Waals surface area contributed by atoms with Crippen molar-refractivity contribution in [2.45, 2.75) is 32.2 Å². The molecule has 0 bridgehead atoms. The SMILES string of the molecule is CCc1ccc(C(=O)Nc2cccc(C(=O)NC3CC3)c2)cc1. The standard InChI is InChI=1S/C19H20N2O2/c1-2-13-6-8-14(9-7-13)18(22)21-17-5-3-4-15(12-17)19(23)20-16-10-11-16/h3-9,12,16H,2,10-11H2,1H3,(H,20,23)(H,21,22). The quantitative estimate of drug-likeness (QED) is 0.889. The molecule has 2 N–H and O–H groups in total. The molecule has 4 heteroatoms. The molecule has 0 heterocycles. The summed E-state index contributed by atoms with van der Waals surface area (Å²) in [6.07, 6.45) is 3.05. The van der Waals surface area contributed by atoms with Crippen molar-refractivity contribution in [1.29, 1.82) is 0 Å². The fraction of sp³-hybridized carbons (Fsp3) is 0.263. The van der Waals surface area contributed by atoms with Gasteiger partial charge in [0, 0.05) is 22.9 Å². The van der Waals surface area contributed by atoms with Gasteiger partial charge in [-0.3, -0.25) is 9.59 Å². The maximum atomic E-state index is 12.3. The molecule has 0 saturated heterocycles. The van der Waals surface area contributed by atoms with Gasteiger partial charge in [-0.1, -0.05) is 25.1 Å². The fourth-order valence-corrected chi connectivity index (χ4v) is 2.33. The maximum Gasteiger partial charge on any atom is 0.255 e. The molecular weight excluding hydrogens is 288 g/mol. The Hall–Kier alpha value is -2.62. The molecule has 3 rings (SSSR count). The fourth-order valence-electron chi connectivity index (χ4n) is 2.33. The van der Waals surface area contributed by atoms with Crippen LogP contribution in [0.4, 0.5) is 5.69 Å². The highest BCUT2D eigenvalue weighted by molar-refractivity contribution is 6.05. The molecule has 2 aromatic rings. The van der Waals surface area contributed by atoms with Crippen molar-refractivity contribution >= 4 is 17.5 Å². The Labute approximate surface area is 135 Å². The lowest BCUT2D eigenvalue weighted by molar-refractivity contribution is 0.0949. The normalized spacial score (nSPS) is 13.4. The van der Waals surface area contributed by atoms with Crippen molar-refractivity contribution in [3.8, 4) is 0 Å². The number of nitrogens with one attached hydrogen (secondary N) is 2. The van der Waals surface area contributed by atoms with Crippen molar-refractivity contribution in [2.75, 3.05) is 5.32 Å². The van der Waals surface area contributed by atoms with Gasteiger partial charge in [-0.05, 0) is 55.2 Å². The highest BCUT2D eigenvalue weighted by atomic mass is 16.2. The van der Waals surface area contributed by atoms with E-state index in [4.69, 9.17) is 0 Å². The van der Waals surface area contributed by atoms with E-state index < -0.39 is 0 Å². The van der Waals surface area contributed by atoms with Gasteiger partial charge in [0.1, 0.15) is 0 Å². The third-order valence-corrected chi connectivity index (χ3v) is 3.92. The first-order chi connectivity index (χ1) is 11.2. The Morgan fingerprint density at radius 2 is 1.74 bits per heavy atom. The number of hydrogen-bond acceptors (Lipinski definition) is 2. The summed E-state index contributed by atoms with van der Waals surface area (Å²) in [5.41, 5.74) is 2.99. The Kier molecular flexibility index (Phi) is 4.42. The lowest BCUT2D eigenvalue weighted by Gasteiger charge is -2.08. The molecule has 1 aliphatic rings. The van der Waals surface area contributed by atoms with Gasteiger partial charge in [0.15, 0.2) is 0 Å². The van der Waals surface area contributed by atoms with Gasteiger partial charge in [0.25, 0.3) is 11.8 Å². The van der Waals surface area contributed by atoms with E-state index in [-0.39, 0.29) is 11.8 Å². The molecular formula is C19H20N2O2. The van der Waals surface area contributed by atoms with E-state index in [1.807, 2.05) is 24.3 Å². The van der Waals surface area contributed by atoms with E-state index >= 15 is 0 Å². The van der Waals surface area contributed by atoms with Crippen LogP contribution in [0.1, 0.15) is 46.0 Å². The van der Waals surface area contributed by atoms with Crippen LogP contribution in [0.25, 0.3) is 0 Å². The lowest BCUT2D eigenvalue weighted by atomic mass is 10.1. The van der Waals surface area contributed by atoms with Crippen molar-refractivity contribution in [3.63, 3.8) is 0 Å². The molecule has 2 aromatic carbocycles. The van der Waals surface area contributed by atoms with Gasteiger partial charge in [0.2, 0.25) is 0 Å². The summed E-state index contributed by atoms with van der Waals surface area (Å²) in [6, 6.07) is 14.9. The van der Waals surface area contributed by atoms with E-state index in [9.17, 15) is 9.59 Å². The van der Waals surface area contributed by atoms with Crippen molar-refractivity contribution in [2.24, 2.45) is 0 Å². The number of aryl methyl sites for hydroxylation is 1. The van der Waals surface area contributed by atoms with Gasteiger partial charge in [0.05, 0.1) is 0 Å². The molecule has 0 aromatic heterocycles. The smallest absolute Gasteiger partial charge is 0.255 e. The molecule has 0 radical (unpaired) electrons. The summed E-state index contributed by atoms with van der Waals surface area (Å²) in [7, 11) is 0. The van der Waals surface area contributed by atoms with E-state index in [1.165, 1.54) is 5.56 Å². The molecule has 118 valence electrons. The number of anilines is 1. The molecule has 2 amide bonds. The van der Waals surface area contributed by atoms with Crippen molar-refractivity contribution in [1.82, 2.24) is 5.32 Å².